The van der Waals surface area contributed by atoms with Crippen molar-refractivity contribution in [3.8, 4) is 0 Å². The Labute approximate surface area is 97.5 Å². The molecular weight excluding hydrogens is 249 g/mol. The van der Waals surface area contributed by atoms with E-state index in [0.29, 0.717) is 14.5 Å². The van der Waals surface area contributed by atoms with Crippen LogP contribution in [0.2, 0.25) is 0 Å². The monoisotopic (exact) mass is 267 g/mol. The molecule has 1 heterocycles. The predicted octanol–water partition coefficient (Wildman–Crippen LogP) is 2.39. The van der Waals surface area contributed by atoms with Gasteiger partial charge >= 0.3 is 97.3 Å². The fraction of sp³-hybridized carbons (Fsp3) is 0.385. The van der Waals surface area contributed by atoms with Crippen LogP contribution in [0.4, 0.5) is 0 Å². The van der Waals surface area contributed by atoms with Gasteiger partial charge in [-0.15, -0.1) is 0 Å². The van der Waals surface area contributed by atoms with E-state index < -0.39 is 0 Å². The number of rotatable bonds is 4. The summed E-state index contributed by atoms with van der Waals surface area (Å²) in [6, 6.07) is 11.2. The summed E-state index contributed by atoms with van der Waals surface area (Å²) >= 11 is 0.588. The van der Waals surface area contributed by atoms with Gasteiger partial charge in [0.1, 0.15) is 0 Å². The zero-order valence-electron chi connectivity index (χ0n) is 9.36. The Hall–Kier alpha value is -0.561. The molecule has 0 atom stereocenters. The molecule has 0 radical (unpaired) electrons. The SMILES string of the molecule is CCN(C)CCc1cc2ccccc2[se]1. The summed E-state index contributed by atoms with van der Waals surface area (Å²) in [6.07, 6.45) is 1.24. The number of hydrogen-bond acceptors (Lipinski definition) is 1. The summed E-state index contributed by atoms with van der Waals surface area (Å²) < 4.78 is 3.20. The molecule has 0 saturated heterocycles. The minimum absolute atomic E-state index is 0.588. The van der Waals surface area contributed by atoms with Gasteiger partial charge in [0.05, 0.1) is 0 Å². The quantitative estimate of drug-likeness (QED) is 0.768. The Morgan fingerprint density at radius 3 is 2.80 bits per heavy atom. The van der Waals surface area contributed by atoms with Gasteiger partial charge in [-0.3, -0.25) is 0 Å². The first-order chi connectivity index (χ1) is 7.29. The zero-order valence-corrected chi connectivity index (χ0v) is 11.1. The molecule has 80 valence electrons. The Morgan fingerprint density at radius 2 is 2.07 bits per heavy atom. The van der Waals surface area contributed by atoms with Crippen LogP contribution in [0.15, 0.2) is 30.3 Å². The van der Waals surface area contributed by atoms with Crippen LogP contribution in [-0.2, 0) is 6.42 Å². The van der Waals surface area contributed by atoms with Crippen LogP contribution in [0.3, 0.4) is 0 Å². The van der Waals surface area contributed by atoms with Gasteiger partial charge in [-0.2, -0.15) is 0 Å². The zero-order chi connectivity index (χ0) is 10.7. The molecule has 0 bridgehead atoms. The molecule has 0 aliphatic carbocycles. The van der Waals surface area contributed by atoms with Crippen LogP contribution in [0.25, 0.3) is 9.65 Å². The molecule has 0 unspecified atom stereocenters. The maximum absolute atomic E-state index is 2.39. The maximum atomic E-state index is 2.39. The second-order valence-corrected chi connectivity index (χ2v) is 6.35. The molecule has 0 amide bonds. The van der Waals surface area contributed by atoms with Gasteiger partial charge in [-0.05, 0) is 0 Å². The van der Waals surface area contributed by atoms with Gasteiger partial charge in [0, 0.05) is 0 Å². The average molecular weight is 266 g/mol. The summed E-state index contributed by atoms with van der Waals surface area (Å²) in [5.74, 6) is 0. The Kier molecular flexibility index (Phi) is 3.63. The van der Waals surface area contributed by atoms with Crippen molar-refractivity contribution in [3.05, 3.63) is 34.8 Å². The molecule has 1 nitrogen and oxygen atoms in total. The van der Waals surface area contributed by atoms with Crippen LogP contribution >= 0.6 is 0 Å². The van der Waals surface area contributed by atoms with E-state index in [1.165, 1.54) is 18.4 Å². The third kappa shape index (κ3) is 2.72. The molecule has 0 spiro atoms. The molecular formula is C13H17NSe. The van der Waals surface area contributed by atoms with Crippen molar-refractivity contribution >= 4 is 24.1 Å². The molecule has 1 aromatic carbocycles. The molecule has 0 saturated carbocycles. The topological polar surface area (TPSA) is 3.24 Å². The van der Waals surface area contributed by atoms with Crippen LogP contribution in [0.5, 0.6) is 0 Å². The minimum atomic E-state index is 0.588. The summed E-state index contributed by atoms with van der Waals surface area (Å²) in [4.78, 5) is 2.37. The van der Waals surface area contributed by atoms with Crippen LogP contribution < -0.4 is 0 Å². The third-order valence-electron chi connectivity index (χ3n) is 2.76. The summed E-state index contributed by atoms with van der Waals surface area (Å²) in [5, 5.41) is 1.45. The van der Waals surface area contributed by atoms with E-state index in [2.05, 4.69) is 49.2 Å². The van der Waals surface area contributed by atoms with Crippen LogP contribution in [0, 0.1) is 0 Å². The molecule has 2 rings (SSSR count). The van der Waals surface area contributed by atoms with Gasteiger partial charge in [0.25, 0.3) is 0 Å². The first-order valence-electron chi connectivity index (χ1n) is 5.45. The number of hydrogen-bond donors (Lipinski definition) is 0. The summed E-state index contributed by atoms with van der Waals surface area (Å²) in [5.41, 5.74) is 0. The Bertz CT molecular complexity index is 400. The molecule has 0 N–H and O–H groups in total. The number of likely N-dealkylation sites (N-methyl/N-ethyl adjacent to an activating group) is 1. The van der Waals surface area contributed by atoms with Crippen LogP contribution in [-0.4, -0.2) is 39.5 Å². The predicted molar refractivity (Wildman–Crippen MR) is 67.8 cm³/mol. The second-order valence-electron chi connectivity index (χ2n) is 3.90. The second kappa shape index (κ2) is 4.98. The average Bonchev–Trinajstić information content (AvgIpc) is 2.68. The third-order valence-corrected chi connectivity index (χ3v) is 5.22. The molecule has 0 aliphatic heterocycles. The first kappa shape index (κ1) is 10.9. The molecule has 2 aromatic rings. The van der Waals surface area contributed by atoms with Gasteiger partial charge in [-0.25, -0.2) is 0 Å². The van der Waals surface area contributed by atoms with E-state index in [1.54, 1.807) is 8.70 Å². The number of fused-ring (bicyclic) bond motifs is 1. The van der Waals surface area contributed by atoms with E-state index >= 15 is 0 Å². The van der Waals surface area contributed by atoms with Crippen molar-refractivity contribution < 1.29 is 0 Å². The fourth-order valence-electron chi connectivity index (χ4n) is 1.62. The van der Waals surface area contributed by atoms with Gasteiger partial charge < -0.3 is 0 Å². The van der Waals surface area contributed by atoms with Crippen molar-refractivity contribution in [1.82, 2.24) is 4.90 Å². The van der Waals surface area contributed by atoms with Gasteiger partial charge in [-0.1, -0.05) is 0 Å². The standard InChI is InChI=1S/C13H17NSe/c1-3-14(2)9-8-12-10-11-6-4-5-7-13(11)15-12/h4-7,10H,3,8-9H2,1-2H3. The van der Waals surface area contributed by atoms with E-state index in [4.69, 9.17) is 0 Å². The fourth-order valence-corrected chi connectivity index (χ4v) is 3.83. The molecule has 1 aromatic heterocycles. The van der Waals surface area contributed by atoms with Crippen molar-refractivity contribution in [2.24, 2.45) is 0 Å². The van der Waals surface area contributed by atoms with E-state index in [1.807, 2.05) is 0 Å². The van der Waals surface area contributed by atoms with Crippen molar-refractivity contribution in [3.63, 3.8) is 0 Å². The molecule has 15 heavy (non-hydrogen) atoms. The molecule has 0 aliphatic rings. The van der Waals surface area contributed by atoms with E-state index in [-0.39, 0.29) is 0 Å². The summed E-state index contributed by atoms with van der Waals surface area (Å²) in [6.45, 7) is 4.55. The first-order valence-corrected chi connectivity index (χ1v) is 7.17. The van der Waals surface area contributed by atoms with E-state index in [9.17, 15) is 0 Å². The number of nitrogens with zero attached hydrogens (tertiary/aromatic N) is 1. The van der Waals surface area contributed by atoms with Crippen LogP contribution in [0.1, 0.15) is 11.4 Å². The Balaban J connectivity index is 2.09. The van der Waals surface area contributed by atoms with E-state index in [0.717, 1.165) is 6.54 Å². The van der Waals surface area contributed by atoms with Crippen molar-refractivity contribution in [1.29, 1.82) is 0 Å². The van der Waals surface area contributed by atoms with Gasteiger partial charge in [0.2, 0.25) is 0 Å². The summed E-state index contributed by atoms with van der Waals surface area (Å²) in [7, 11) is 2.19. The van der Waals surface area contributed by atoms with Crippen molar-refractivity contribution in [2.45, 2.75) is 13.3 Å². The van der Waals surface area contributed by atoms with Crippen molar-refractivity contribution in [2.75, 3.05) is 20.1 Å². The molecule has 0 fully saturated rings. The van der Waals surface area contributed by atoms with Gasteiger partial charge in [0.15, 0.2) is 0 Å². The Morgan fingerprint density at radius 1 is 1.27 bits per heavy atom. The molecule has 2 heteroatoms. The number of benzene rings is 1. The normalized spacial score (nSPS) is 11.4.